The lowest BCUT2D eigenvalue weighted by Crippen LogP contribution is -2.38. The monoisotopic (exact) mass is 317 g/mol. The van der Waals surface area contributed by atoms with Gasteiger partial charge in [0.05, 0.1) is 25.9 Å². The minimum atomic E-state index is -0.204. The van der Waals surface area contributed by atoms with Gasteiger partial charge in [0.25, 0.3) is 0 Å². The van der Waals surface area contributed by atoms with Crippen LogP contribution in [0.3, 0.4) is 0 Å². The minimum Gasteiger partial charge on any atom is -0.376 e. The zero-order chi connectivity index (χ0) is 13.0. The van der Waals surface area contributed by atoms with E-state index in [2.05, 4.69) is 21.2 Å². The van der Waals surface area contributed by atoms with Gasteiger partial charge in [-0.15, -0.1) is 0 Å². The molecule has 1 aliphatic rings. The molecule has 0 bridgehead atoms. The molecule has 0 aromatic heterocycles. The van der Waals surface area contributed by atoms with E-state index in [9.17, 15) is 4.39 Å². The van der Waals surface area contributed by atoms with Crippen LogP contribution in [-0.4, -0.2) is 32.5 Å². The van der Waals surface area contributed by atoms with Gasteiger partial charge in [-0.05, 0) is 19.1 Å². The van der Waals surface area contributed by atoms with Crippen molar-refractivity contribution in [2.75, 3.05) is 26.4 Å². The summed E-state index contributed by atoms with van der Waals surface area (Å²) in [4.78, 5) is 0. The lowest BCUT2D eigenvalue weighted by molar-refractivity contribution is -0.0870. The van der Waals surface area contributed by atoms with Crippen LogP contribution in [0.2, 0.25) is 0 Å². The number of hydrogen-bond acceptors (Lipinski definition) is 3. The Labute approximate surface area is 115 Å². The zero-order valence-corrected chi connectivity index (χ0v) is 11.9. The van der Waals surface area contributed by atoms with Crippen LogP contribution in [-0.2, 0) is 9.47 Å². The lowest BCUT2D eigenvalue weighted by Gasteiger charge is -2.25. The molecule has 1 aromatic carbocycles. The minimum absolute atomic E-state index is 0.0522. The first-order chi connectivity index (χ1) is 8.66. The van der Waals surface area contributed by atoms with Crippen molar-refractivity contribution in [3.63, 3.8) is 0 Å². The fourth-order valence-electron chi connectivity index (χ4n) is 1.93. The molecule has 1 saturated heterocycles. The summed E-state index contributed by atoms with van der Waals surface area (Å²) >= 11 is 3.25. The van der Waals surface area contributed by atoms with E-state index in [1.165, 1.54) is 6.07 Å². The normalized spacial score (nSPS) is 21.8. The smallest absolute Gasteiger partial charge is 0.129 e. The molecule has 100 valence electrons. The third-order valence-electron chi connectivity index (χ3n) is 2.97. The third-order valence-corrected chi connectivity index (χ3v) is 3.46. The van der Waals surface area contributed by atoms with Crippen molar-refractivity contribution in [3.8, 4) is 0 Å². The molecule has 0 saturated carbocycles. The summed E-state index contributed by atoms with van der Waals surface area (Å²) in [7, 11) is 0. The van der Waals surface area contributed by atoms with Gasteiger partial charge in [0.1, 0.15) is 5.82 Å². The van der Waals surface area contributed by atoms with Crippen molar-refractivity contribution >= 4 is 15.9 Å². The van der Waals surface area contributed by atoms with E-state index < -0.39 is 0 Å². The van der Waals surface area contributed by atoms with Crippen molar-refractivity contribution in [1.29, 1.82) is 0 Å². The predicted molar refractivity (Wildman–Crippen MR) is 71.1 cm³/mol. The van der Waals surface area contributed by atoms with Gasteiger partial charge in [-0.3, -0.25) is 0 Å². The Morgan fingerprint density at radius 1 is 1.50 bits per heavy atom. The molecular formula is C13H17BrFNO2. The number of ether oxygens (including phenoxy) is 2. The SMILES string of the molecule is CC(NCC1COCCO1)c1ccc(Br)cc1F. The second-order valence-electron chi connectivity index (χ2n) is 4.36. The third kappa shape index (κ3) is 3.75. The Bertz CT molecular complexity index is 397. The summed E-state index contributed by atoms with van der Waals surface area (Å²) in [5.74, 6) is -0.204. The Hall–Kier alpha value is -0.490. The first-order valence-electron chi connectivity index (χ1n) is 6.04. The van der Waals surface area contributed by atoms with Gasteiger partial charge in [-0.2, -0.15) is 0 Å². The number of benzene rings is 1. The van der Waals surface area contributed by atoms with E-state index in [-0.39, 0.29) is 18.0 Å². The van der Waals surface area contributed by atoms with E-state index in [1.54, 1.807) is 6.07 Å². The van der Waals surface area contributed by atoms with Gasteiger partial charge >= 0.3 is 0 Å². The summed E-state index contributed by atoms with van der Waals surface area (Å²) in [5, 5.41) is 3.27. The summed E-state index contributed by atoms with van der Waals surface area (Å²) < 4.78 is 25.3. The Balaban J connectivity index is 1.88. The molecular weight excluding hydrogens is 301 g/mol. The Kier molecular flexibility index (Phi) is 5.12. The van der Waals surface area contributed by atoms with Crippen LogP contribution >= 0.6 is 15.9 Å². The lowest BCUT2D eigenvalue weighted by atomic mass is 10.1. The molecule has 2 unspecified atom stereocenters. The quantitative estimate of drug-likeness (QED) is 0.926. The summed E-state index contributed by atoms with van der Waals surface area (Å²) in [6.45, 7) is 4.50. The number of rotatable bonds is 4. The molecule has 0 amide bonds. The van der Waals surface area contributed by atoms with Crippen LogP contribution in [0.1, 0.15) is 18.5 Å². The molecule has 18 heavy (non-hydrogen) atoms. The van der Waals surface area contributed by atoms with Crippen molar-refractivity contribution < 1.29 is 13.9 Å². The molecule has 0 aliphatic carbocycles. The first-order valence-corrected chi connectivity index (χ1v) is 6.84. The molecule has 5 heteroatoms. The number of halogens is 2. The van der Waals surface area contributed by atoms with Crippen LogP contribution in [0.15, 0.2) is 22.7 Å². The molecule has 1 fully saturated rings. The second-order valence-corrected chi connectivity index (χ2v) is 5.28. The maximum absolute atomic E-state index is 13.7. The Morgan fingerprint density at radius 3 is 3.00 bits per heavy atom. The average molecular weight is 318 g/mol. The highest BCUT2D eigenvalue weighted by Crippen LogP contribution is 2.20. The van der Waals surface area contributed by atoms with E-state index in [4.69, 9.17) is 9.47 Å². The van der Waals surface area contributed by atoms with Crippen molar-refractivity contribution in [2.24, 2.45) is 0 Å². The van der Waals surface area contributed by atoms with Crippen molar-refractivity contribution in [2.45, 2.75) is 19.1 Å². The van der Waals surface area contributed by atoms with Gasteiger partial charge in [0.2, 0.25) is 0 Å². The predicted octanol–water partition coefficient (Wildman–Crippen LogP) is 2.65. The van der Waals surface area contributed by atoms with Crippen molar-refractivity contribution in [1.82, 2.24) is 5.32 Å². The van der Waals surface area contributed by atoms with Crippen LogP contribution in [0.4, 0.5) is 4.39 Å². The summed E-state index contributed by atoms with van der Waals surface area (Å²) in [6.07, 6.45) is 0.0553. The van der Waals surface area contributed by atoms with Gasteiger partial charge in [0.15, 0.2) is 0 Å². The van der Waals surface area contributed by atoms with Gasteiger partial charge in [0, 0.05) is 22.6 Å². The molecule has 2 atom stereocenters. The van der Waals surface area contributed by atoms with Gasteiger partial charge < -0.3 is 14.8 Å². The maximum atomic E-state index is 13.7. The zero-order valence-electron chi connectivity index (χ0n) is 10.3. The molecule has 2 rings (SSSR count). The first kappa shape index (κ1) is 13.9. The number of nitrogens with one attached hydrogen (secondary N) is 1. The molecule has 3 nitrogen and oxygen atoms in total. The average Bonchev–Trinajstić information content (AvgIpc) is 2.37. The molecule has 1 aromatic rings. The van der Waals surface area contributed by atoms with Crippen LogP contribution in [0, 0.1) is 5.82 Å². The van der Waals surface area contributed by atoms with Gasteiger partial charge in [-0.25, -0.2) is 4.39 Å². The topological polar surface area (TPSA) is 30.5 Å². The molecule has 1 N–H and O–H groups in total. The molecule has 1 aliphatic heterocycles. The largest absolute Gasteiger partial charge is 0.376 e. The van der Waals surface area contributed by atoms with Crippen LogP contribution < -0.4 is 5.32 Å². The number of hydrogen-bond donors (Lipinski definition) is 1. The molecule has 1 heterocycles. The second kappa shape index (κ2) is 6.61. The van der Waals surface area contributed by atoms with E-state index >= 15 is 0 Å². The molecule has 0 spiro atoms. The fraction of sp³-hybridized carbons (Fsp3) is 0.538. The summed E-state index contributed by atoms with van der Waals surface area (Å²) in [6, 6.07) is 5.06. The van der Waals surface area contributed by atoms with Crippen LogP contribution in [0.25, 0.3) is 0 Å². The van der Waals surface area contributed by atoms with Gasteiger partial charge in [-0.1, -0.05) is 22.0 Å². The fourth-order valence-corrected chi connectivity index (χ4v) is 2.26. The van der Waals surface area contributed by atoms with Crippen molar-refractivity contribution in [3.05, 3.63) is 34.1 Å². The van der Waals surface area contributed by atoms with E-state index in [1.807, 2.05) is 13.0 Å². The van der Waals surface area contributed by atoms with E-state index in [0.29, 0.717) is 31.9 Å². The summed E-state index contributed by atoms with van der Waals surface area (Å²) in [5.41, 5.74) is 0.662. The highest BCUT2D eigenvalue weighted by molar-refractivity contribution is 9.10. The highest BCUT2D eigenvalue weighted by atomic mass is 79.9. The Morgan fingerprint density at radius 2 is 2.33 bits per heavy atom. The highest BCUT2D eigenvalue weighted by Gasteiger charge is 2.17. The van der Waals surface area contributed by atoms with E-state index in [0.717, 1.165) is 4.47 Å². The molecule has 0 radical (unpaired) electrons. The maximum Gasteiger partial charge on any atom is 0.129 e. The van der Waals surface area contributed by atoms with Crippen LogP contribution in [0.5, 0.6) is 0 Å². The standard InChI is InChI=1S/C13H17BrFNO2/c1-9(12-3-2-10(14)6-13(12)15)16-7-11-8-17-4-5-18-11/h2-3,6,9,11,16H,4-5,7-8H2,1H3.